The van der Waals surface area contributed by atoms with Crippen LogP contribution in [0.4, 0.5) is 0 Å². The summed E-state index contributed by atoms with van der Waals surface area (Å²) in [5.41, 5.74) is 2.46. The van der Waals surface area contributed by atoms with Crippen molar-refractivity contribution in [1.29, 1.82) is 0 Å². The summed E-state index contributed by atoms with van der Waals surface area (Å²) in [4.78, 5) is 17.5. The van der Waals surface area contributed by atoms with Gasteiger partial charge in [0, 0.05) is 36.6 Å². The predicted molar refractivity (Wildman–Crippen MR) is 88.3 cm³/mol. The zero-order valence-electron chi connectivity index (χ0n) is 13.7. The Bertz CT molecular complexity index is 621. The monoisotopic (exact) mass is 286 g/mol. The zero-order valence-corrected chi connectivity index (χ0v) is 13.7. The molecular weight excluding hydrogens is 260 g/mol. The van der Waals surface area contributed by atoms with Crippen LogP contribution in [0.2, 0.25) is 0 Å². The Balaban J connectivity index is 2.01. The number of aromatic amines is 1. The highest BCUT2D eigenvalue weighted by Crippen LogP contribution is 2.24. The molecule has 21 heavy (non-hydrogen) atoms. The third kappa shape index (κ3) is 3.46. The molecule has 1 amide bonds. The zero-order chi connectivity index (χ0) is 15.6. The lowest BCUT2D eigenvalue weighted by Gasteiger charge is -2.35. The summed E-state index contributed by atoms with van der Waals surface area (Å²) in [5.74, 6) is 0.211. The normalized spacial score (nSPS) is 13.4. The van der Waals surface area contributed by atoms with Crippen molar-refractivity contribution in [1.82, 2.24) is 9.88 Å². The summed E-state index contributed by atoms with van der Waals surface area (Å²) in [6.07, 6.45) is 3.36. The Morgan fingerprint density at radius 2 is 1.95 bits per heavy atom. The summed E-state index contributed by atoms with van der Waals surface area (Å²) in [5, 5.41) is 1.22. The third-order valence-corrected chi connectivity index (χ3v) is 4.51. The Kier molecular flexibility index (Phi) is 4.40. The molecule has 3 nitrogen and oxygen atoms in total. The van der Waals surface area contributed by atoms with Crippen molar-refractivity contribution in [3.8, 4) is 0 Å². The summed E-state index contributed by atoms with van der Waals surface area (Å²) in [7, 11) is 1.91. The van der Waals surface area contributed by atoms with E-state index in [1.165, 1.54) is 10.9 Å². The molecule has 0 aliphatic rings. The number of aryl methyl sites for hydroxylation is 1. The van der Waals surface area contributed by atoms with Gasteiger partial charge >= 0.3 is 0 Å². The van der Waals surface area contributed by atoms with E-state index >= 15 is 0 Å². The van der Waals surface area contributed by atoms with Crippen molar-refractivity contribution in [3.05, 3.63) is 36.0 Å². The summed E-state index contributed by atoms with van der Waals surface area (Å²) in [6, 6.07) is 8.46. The van der Waals surface area contributed by atoms with Gasteiger partial charge in [-0.3, -0.25) is 4.79 Å². The number of aromatic nitrogens is 1. The molecule has 0 fully saturated rings. The quantitative estimate of drug-likeness (QED) is 0.906. The molecule has 1 atom stereocenters. The molecule has 1 N–H and O–H groups in total. The Labute approximate surface area is 127 Å². The first-order valence-corrected chi connectivity index (χ1v) is 7.61. The lowest BCUT2D eigenvalue weighted by Crippen LogP contribution is -2.43. The van der Waals surface area contributed by atoms with Crippen LogP contribution in [0.25, 0.3) is 10.9 Å². The van der Waals surface area contributed by atoms with Crippen molar-refractivity contribution < 1.29 is 4.79 Å². The third-order valence-electron chi connectivity index (χ3n) is 4.51. The van der Waals surface area contributed by atoms with E-state index in [0.717, 1.165) is 11.9 Å². The van der Waals surface area contributed by atoms with Crippen LogP contribution in [0.1, 0.15) is 39.7 Å². The van der Waals surface area contributed by atoms with Crippen LogP contribution in [0, 0.1) is 5.41 Å². The maximum absolute atomic E-state index is 12.4. The Hall–Kier alpha value is -1.77. The van der Waals surface area contributed by atoms with Crippen LogP contribution in [0.5, 0.6) is 0 Å². The molecule has 2 rings (SSSR count). The Morgan fingerprint density at radius 3 is 2.62 bits per heavy atom. The second-order valence-corrected chi connectivity index (χ2v) is 6.91. The molecule has 1 heterocycles. The van der Waals surface area contributed by atoms with E-state index in [1.807, 2.05) is 30.3 Å². The first-order valence-electron chi connectivity index (χ1n) is 7.61. The van der Waals surface area contributed by atoms with Gasteiger partial charge in [-0.05, 0) is 30.4 Å². The number of carbonyl (C=O) groups is 1. The fraction of sp³-hybridized carbons (Fsp3) is 0.500. The maximum Gasteiger partial charge on any atom is 0.222 e. The summed E-state index contributed by atoms with van der Waals surface area (Å²) < 4.78 is 0. The molecule has 0 saturated carbocycles. The number of para-hydroxylation sites is 1. The molecule has 2 aromatic rings. The molecule has 0 bridgehead atoms. The van der Waals surface area contributed by atoms with Crippen LogP contribution in [0.3, 0.4) is 0 Å². The topological polar surface area (TPSA) is 36.1 Å². The molecule has 1 unspecified atom stereocenters. The average Bonchev–Trinajstić information content (AvgIpc) is 2.85. The predicted octanol–water partition coefficient (Wildman–Crippen LogP) is 3.99. The van der Waals surface area contributed by atoms with Gasteiger partial charge in [-0.2, -0.15) is 0 Å². The molecule has 1 aromatic heterocycles. The second kappa shape index (κ2) is 5.92. The fourth-order valence-electron chi connectivity index (χ4n) is 2.55. The van der Waals surface area contributed by atoms with Crippen LogP contribution in [-0.4, -0.2) is 28.9 Å². The largest absolute Gasteiger partial charge is 0.361 e. The van der Waals surface area contributed by atoms with Gasteiger partial charge < -0.3 is 9.88 Å². The van der Waals surface area contributed by atoms with E-state index in [9.17, 15) is 4.79 Å². The number of amides is 1. The van der Waals surface area contributed by atoms with Gasteiger partial charge in [0.2, 0.25) is 5.91 Å². The minimum atomic E-state index is 0.102. The number of hydrogen-bond donors (Lipinski definition) is 1. The van der Waals surface area contributed by atoms with Gasteiger partial charge in [-0.15, -0.1) is 0 Å². The van der Waals surface area contributed by atoms with Crippen molar-refractivity contribution in [3.63, 3.8) is 0 Å². The van der Waals surface area contributed by atoms with Crippen molar-refractivity contribution in [2.75, 3.05) is 7.05 Å². The molecule has 0 aliphatic heterocycles. The second-order valence-electron chi connectivity index (χ2n) is 6.91. The van der Waals surface area contributed by atoms with Gasteiger partial charge in [0.25, 0.3) is 0 Å². The molecule has 3 heteroatoms. The SMILES string of the molecule is CC(N(C)C(=O)CCc1c[nH]c2ccccc12)C(C)(C)C. The van der Waals surface area contributed by atoms with Crippen LogP contribution in [0.15, 0.2) is 30.5 Å². The lowest BCUT2D eigenvalue weighted by molar-refractivity contribution is -0.133. The molecule has 0 spiro atoms. The number of H-pyrrole nitrogens is 1. The van der Waals surface area contributed by atoms with Gasteiger partial charge in [0.05, 0.1) is 0 Å². The van der Waals surface area contributed by atoms with E-state index in [1.54, 1.807) is 0 Å². The van der Waals surface area contributed by atoms with Gasteiger partial charge in [-0.25, -0.2) is 0 Å². The molecule has 0 aliphatic carbocycles. The number of nitrogens with zero attached hydrogens (tertiary/aromatic N) is 1. The van der Waals surface area contributed by atoms with Crippen LogP contribution in [-0.2, 0) is 11.2 Å². The summed E-state index contributed by atoms with van der Waals surface area (Å²) >= 11 is 0. The van der Waals surface area contributed by atoms with Crippen LogP contribution >= 0.6 is 0 Å². The van der Waals surface area contributed by atoms with E-state index < -0.39 is 0 Å². The molecule has 0 saturated heterocycles. The highest BCUT2D eigenvalue weighted by Gasteiger charge is 2.26. The number of rotatable bonds is 4. The highest BCUT2D eigenvalue weighted by atomic mass is 16.2. The number of hydrogen-bond acceptors (Lipinski definition) is 1. The van der Waals surface area contributed by atoms with E-state index in [4.69, 9.17) is 0 Å². The van der Waals surface area contributed by atoms with Crippen molar-refractivity contribution >= 4 is 16.8 Å². The average molecular weight is 286 g/mol. The minimum absolute atomic E-state index is 0.102. The number of fused-ring (bicyclic) bond motifs is 1. The van der Waals surface area contributed by atoms with Gasteiger partial charge in [0.15, 0.2) is 0 Å². The standard InChI is InChI=1S/C18H26N2O/c1-13(18(2,3)4)20(5)17(21)11-10-14-12-19-16-9-7-6-8-15(14)16/h6-9,12-13,19H,10-11H2,1-5H3. The van der Waals surface area contributed by atoms with E-state index in [-0.39, 0.29) is 17.4 Å². The molecule has 0 radical (unpaired) electrons. The Morgan fingerprint density at radius 1 is 1.29 bits per heavy atom. The maximum atomic E-state index is 12.4. The van der Waals surface area contributed by atoms with Gasteiger partial charge in [0.1, 0.15) is 0 Å². The first kappa shape index (κ1) is 15.6. The fourth-order valence-corrected chi connectivity index (χ4v) is 2.55. The molecule has 1 aromatic carbocycles. The first-order chi connectivity index (χ1) is 9.80. The smallest absolute Gasteiger partial charge is 0.222 e. The van der Waals surface area contributed by atoms with Crippen molar-refractivity contribution in [2.24, 2.45) is 5.41 Å². The number of benzene rings is 1. The number of nitrogens with one attached hydrogen (secondary N) is 1. The highest BCUT2D eigenvalue weighted by molar-refractivity contribution is 5.84. The number of carbonyl (C=O) groups excluding carboxylic acids is 1. The minimum Gasteiger partial charge on any atom is -0.361 e. The van der Waals surface area contributed by atoms with E-state index in [2.05, 4.69) is 44.8 Å². The molecular formula is C18H26N2O. The van der Waals surface area contributed by atoms with Crippen LogP contribution < -0.4 is 0 Å². The van der Waals surface area contributed by atoms with Gasteiger partial charge in [-0.1, -0.05) is 39.0 Å². The summed E-state index contributed by atoms with van der Waals surface area (Å²) in [6.45, 7) is 8.62. The lowest BCUT2D eigenvalue weighted by atomic mass is 9.87. The van der Waals surface area contributed by atoms with E-state index in [0.29, 0.717) is 6.42 Å². The van der Waals surface area contributed by atoms with Crippen molar-refractivity contribution in [2.45, 2.75) is 46.6 Å². The molecule has 114 valence electrons.